The summed E-state index contributed by atoms with van der Waals surface area (Å²) in [4.78, 5) is 5.17. The van der Waals surface area contributed by atoms with Crippen molar-refractivity contribution in [1.29, 1.82) is 0 Å². The Bertz CT molecular complexity index is 2520. The molecule has 2 heterocycles. The molecule has 10 rings (SSSR count). The van der Waals surface area contributed by atoms with E-state index >= 15 is 0 Å². The van der Waals surface area contributed by atoms with Crippen LogP contribution in [0.15, 0.2) is 200 Å². The van der Waals surface area contributed by atoms with Crippen LogP contribution in [-0.4, -0.2) is 0 Å². The van der Waals surface area contributed by atoms with Crippen LogP contribution < -0.4 is 4.90 Å². The molecule has 1 aliphatic rings. The molecule has 0 N–H and O–H groups in total. The minimum atomic E-state index is -0.457. The van der Waals surface area contributed by atoms with Crippen molar-refractivity contribution in [1.82, 2.24) is 0 Å². The monoisotopic (exact) mass is 699 g/mol. The van der Waals surface area contributed by atoms with E-state index in [0.29, 0.717) is 0 Å². The van der Waals surface area contributed by atoms with E-state index in [-0.39, 0.29) is 0 Å². The molecular formula is C49H33NS2. The number of fused-ring (bicyclic) bond motifs is 5. The molecule has 0 unspecified atom stereocenters. The van der Waals surface area contributed by atoms with Gasteiger partial charge in [-0.25, -0.2) is 0 Å². The second-order valence-electron chi connectivity index (χ2n) is 13.3. The first-order valence-electron chi connectivity index (χ1n) is 17.7. The third kappa shape index (κ3) is 4.89. The Morgan fingerprint density at radius 3 is 1.35 bits per heavy atom. The lowest BCUT2D eigenvalue weighted by atomic mass is 9.68. The lowest BCUT2D eigenvalue weighted by Crippen LogP contribution is -2.28. The van der Waals surface area contributed by atoms with Crippen LogP contribution in [0.1, 0.15) is 22.3 Å². The number of anilines is 3. The van der Waals surface area contributed by atoms with Crippen molar-refractivity contribution in [2.75, 3.05) is 4.90 Å². The standard InChI is InChI=1S/C49H33NS2/c1-5-15-34(16-6-1)36-25-29-40(30-26-36)50(41-31-27-37(28-32-41)35-17-7-2-8-18-35)45-33-43-47(52-45)48-46(42-23-13-14-24-44(42)51-48)49(43,38-19-9-3-10-20-38)39-21-11-4-12-22-39/h1-33H. The molecule has 0 saturated heterocycles. The fourth-order valence-electron chi connectivity index (χ4n) is 8.06. The summed E-state index contributed by atoms with van der Waals surface area (Å²) in [6.45, 7) is 0. The molecule has 9 aromatic rings. The first-order valence-corrected chi connectivity index (χ1v) is 19.3. The van der Waals surface area contributed by atoms with Gasteiger partial charge in [-0.1, -0.05) is 164 Å². The van der Waals surface area contributed by atoms with Crippen LogP contribution >= 0.6 is 22.7 Å². The van der Waals surface area contributed by atoms with Gasteiger partial charge in [0.1, 0.15) is 5.00 Å². The van der Waals surface area contributed by atoms with Gasteiger partial charge in [0, 0.05) is 16.1 Å². The minimum absolute atomic E-state index is 0.457. The van der Waals surface area contributed by atoms with E-state index in [1.165, 1.54) is 69.3 Å². The molecule has 1 nitrogen and oxygen atoms in total. The topological polar surface area (TPSA) is 3.24 Å². The largest absolute Gasteiger partial charge is 0.302 e. The van der Waals surface area contributed by atoms with Gasteiger partial charge in [0.15, 0.2) is 0 Å². The van der Waals surface area contributed by atoms with Crippen molar-refractivity contribution in [2.45, 2.75) is 5.41 Å². The molecular weight excluding hydrogens is 667 g/mol. The zero-order valence-electron chi connectivity index (χ0n) is 28.3. The lowest BCUT2D eigenvalue weighted by molar-refractivity contribution is 0.778. The number of hydrogen-bond donors (Lipinski definition) is 0. The maximum atomic E-state index is 2.48. The molecule has 0 atom stereocenters. The van der Waals surface area contributed by atoms with E-state index < -0.39 is 5.41 Å². The van der Waals surface area contributed by atoms with Crippen molar-refractivity contribution in [3.8, 4) is 32.0 Å². The van der Waals surface area contributed by atoms with Gasteiger partial charge in [-0.15, -0.1) is 22.7 Å². The van der Waals surface area contributed by atoms with Crippen LogP contribution in [0.3, 0.4) is 0 Å². The summed E-state index contributed by atoms with van der Waals surface area (Å²) in [6, 6.07) is 73.0. The first kappa shape index (κ1) is 30.8. The Kier molecular flexibility index (Phi) is 7.49. The average molecular weight is 700 g/mol. The lowest BCUT2D eigenvalue weighted by Gasteiger charge is -2.33. The fourth-order valence-corrected chi connectivity index (χ4v) is 10.7. The van der Waals surface area contributed by atoms with Crippen LogP contribution in [0.25, 0.3) is 42.1 Å². The molecule has 246 valence electrons. The van der Waals surface area contributed by atoms with E-state index in [9.17, 15) is 0 Å². The summed E-state index contributed by atoms with van der Waals surface area (Å²) in [5.41, 5.74) is 12.0. The highest BCUT2D eigenvalue weighted by molar-refractivity contribution is 7.28. The van der Waals surface area contributed by atoms with Gasteiger partial charge < -0.3 is 4.90 Å². The Labute approximate surface area is 312 Å². The number of thiophene rings is 2. The minimum Gasteiger partial charge on any atom is -0.302 e. The molecule has 0 saturated carbocycles. The Hall–Kier alpha value is -6.00. The molecule has 2 aromatic heterocycles. The van der Waals surface area contributed by atoms with Crippen LogP contribution in [0.4, 0.5) is 16.4 Å². The summed E-state index contributed by atoms with van der Waals surface area (Å²) >= 11 is 3.84. The zero-order chi connectivity index (χ0) is 34.5. The van der Waals surface area contributed by atoms with E-state index in [2.05, 4.69) is 205 Å². The van der Waals surface area contributed by atoms with Crippen LogP contribution in [0.5, 0.6) is 0 Å². The number of hydrogen-bond acceptors (Lipinski definition) is 3. The maximum absolute atomic E-state index is 2.48. The summed E-state index contributed by atoms with van der Waals surface area (Å²) in [7, 11) is 0. The zero-order valence-corrected chi connectivity index (χ0v) is 29.9. The van der Waals surface area contributed by atoms with E-state index in [0.717, 1.165) is 11.4 Å². The third-order valence-corrected chi connectivity index (χ3v) is 12.9. The predicted octanol–water partition coefficient (Wildman–Crippen LogP) is 14.1. The smallest absolute Gasteiger partial charge is 0.101 e. The second kappa shape index (κ2) is 12.6. The van der Waals surface area contributed by atoms with E-state index in [1.807, 2.05) is 22.7 Å². The van der Waals surface area contributed by atoms with Crippen LogP contribution in [0.2, 0.25) is 0 Å². The van der Waals surface area contributed by atoms with Crippen LogP contribution in [-0.2, 0) is 5.41 Å². The van der Waals surface area contributed by atoms with Gasteiger partial charge in [-0.05, 0) is 86.3 Å². The normalized spacial score (nSPS) is 12.8. The van der Waals surface area contributed by atoms with E-state index in [1.54, 1.807) is 0 Å². The van der Waals surface area contributed by atoms with Gasteiger partial charge >= 0.3 is 0 Å². The summed E-state index contributed by atoms with van der Waals surface area (Å²) < 4.78 is 1.33. The Balaban J connectivity index is 1.21. The highest BCUT2D eigenvalue weighted by atomic mass is 32.1. The van der Waals surface area contributed by atoms with Gasteiger partial charge in [-0.2, -0.15) is 0 Å². The van der Waals surface area contributed by atoms with Gasteiger partial charge in [0.25, 0.3) is 0 Å². The molecule has 52 heavy (non-hydrogen) atoms. The van der Waals surface area contributed by atoms with Crippen molar-refractivity contribution in [3.05, 3.63) is 222 Å². The highest BCUT2D eigenvalue weighted by Crippen LogP contribution is 2.64. The summed E-state index contributed by atoms with van der Waals surface area (Å²) in [5.74, 6) is 0. The molecule has 0 radical (unpaired) electrons. The Morgan fingerprint density at radius 2 is 0.827 bits per heavy atom. The second-order valence-corrected chi connectivity index (χ2v) is 15.4. The third-order valence-electron chi connectivity index (χ3n) is 10.4. The predicted molar refractivity (Wildman–Crippen MR) is 223 cm³/mol. The molecule has 7 aromatic carbocycles. The summed E-state index contributed by atoms with van der Waals surface area (Å²) in [5, 5.41) is 2.54. The average Bonchev–Trinajstić information content (AvgIpc) is 3.90. The van der Waals surface area contributed by atoms with E-state index in [4.69, 9.17) is 0 Å². The molecule has 0 spiro atoms. The molecule has 1 aliphatic carbocycles. The van der Waals surface area contributed by atoms with Crippen molar-refractivity contribution >= 4 is 49.1 Å². The maximum Gasteiger partial charge on any atom is 0.101 e. The van der Waals surface area contributed by atoms with Gasteiger partial charge in [-0.3, -0.25) is 0 Å². The van der Waals surface area contributed by atoms with Crippen molar-refractivity contribution in [3.63, 3.8) is 0 Å². The first-order chi connectivity index (χ1) is 25.8. The SMILES string of the molecule is c1ccc(-c2ccc(N(c3ccc(-c4ccccc4)cc3)c3cc4c(s3)-c3sc5ccccc5c3C4(c3ccccc3)c3ccccc3)cc2)cc1. The summed E-state index contributed by atoms with van der Waals surface area (Å²) in [6.07, 6.45) is 0. The molecule has 0 amide bonds. The molecule has 3 heteroatoms. The van der Waals surface area contributed by atoms with Gasteiger partial charge in [0.2, 0.25) is 0 Å². The molecule has 0 bridgehead atoms. The fraction of sp³-hybridized carbons (Fsp3) is 0.0204. The van der Waals surface area contributed by atoms with Crippen molar-refractivity contribution < 1.29 is 0 Å². The van der Waals surface area contributed by atoms with Crippen molar-refractivity contribution in [2.24, 2.45) is 0 Å². The Morgan fingerprint density at radius 1 is 0.385 bits per heavy atom. The van der Waals surface area contributed by atoms with Gasteiger partial charge in [0.05, 0.1) is 15.2 Å². The molecule has 0 fully saturated rings. The quantitative estimate of drug-likeness (QED) is 0.160. The van der Waals surface area contributed by atoms with Crippen LogP contribution in [0, 0.1) is 0 Å². The number of nitrogens with zero attached hydrogens (tertiary/aromatic N) is 1. The molecule has 0 aliphatic heterocycles. The number of rotatable bonds is 7. The highest BCUT2D eigenvalue weighted by Gasteiger charge is 2.50. The number of benzene rings is 7.